The average molecular weight is 208 g/mol. The molecule has 0 aliphatic heterocycles. The molecule has 0 amide bonds. The van der Waals surface area contributed by atoms with Crippen LogP contribution in [0.4, 0.5) is 0 Å². The zero-order chi connectivity index (χ0) is 10.8. The number of imidazole rings is 1. The monoisotopic (exact) mass is 208 g/mol. The fourth-order valence-corrected chi connectivity index (χ4v) is 2.70. The first-order valence-electron chi connectivity index (χ1n) is 5.89. The maximum atomic E-state index is 10.3. The van der Waals surface area contributed by atoms with Crippen molar-refractivity contribution < 1.29 is 5.11 Å². The van der Waals surface area contributed by atoms with Crippen LogP contribution in [0.3, 0.4) is 0 Å². The Kier molecular flexibility index (Phi) is 3.10. The summed E-state index contributed by atoms with van der Waals surface area (Å²) in [5.74, 6) is 1.08. The number of nitrogens with zero attached hydrogens (tertiary/aromatic N) is 2. The van der Waals surface area contributed by atoms with E-state index in [2.05, 4.69) is 18.8 Å². The number of aliphatic hydroxyl groups excluding tert-OH is 1. The molecule has 84 valence electrons. The minimum absolute atomic E-state index is 0.200. The molecule has 2 rings (SSSR count). The summed E-state index contributed by atoms with van der Waals surface area (Å²) < 4.78 is 2.05. The van der Waals surface area contributed by atoms with Crippen LogP contribution in [0.25, 0.3) is 0 Å². The maximum absolute atomic E-state index is 10.3. The van der Waals surface area contributed by atoms with Gasteiger partial charge in [-0.1, -0.05) is 20.3 Å². The van der Waals surface area contributed by atoms with Gasteiger partial charge in [-0.25, -0.2) is 4.98 Å². The predicted octanol–water partition coefficient (Wildman–Crippen LogP) is 2.24. The first-order chi connectivity index (χ1) is 7.24. The Morgan fingerprint density at radius 3 is 2.93 bits per heavy atom. The van der Waals surface area contributed by atoms with E-state index in [1.54, 1.807) is 6.20 Å². The van der Waals surface area contributed by atoms with Gasteiger partial charge in [0.15, 0.2) is 0 Å². The number of hydrogen-bond donors (Lipinski definition) is 1. The Labute approximate surface area is 91.1 Å². The van der Waals surface area contributed by atoms with Gasteiger partial charge >= 0.3 is 0 Å². The van der Waals surface area contributed by atoms with Gasteiger partial charge in [0.05, 0.1) is 18.5 Å². The van der Waals surface area contributed by atoms with Crippen molar-refractivity contribution in [1.29, 1.82) is 0 Å². The van der Waals surface area contributed by atoms with E-state index in [0.29, 0.717) is 11.8 Å². The highest BCUT2D eigenvalue weighted by Gasteiger charge is 2.37. The van der Waals surface area contributed by atoms with Crippen molar-refractivity contribution >= 4 is 0 Å². The molecule has 4 unspecified atom stereocenters. The predicted molar refractivity (Wildman–Crippen MR) is 59.4 cm³/mol. The van der Waals surface area contributed by atoms with E-state index in [1.807, 2.05) is 17.1 Å². The molecule has 0 aromatic carbocycles. The molecule has 0 radical (unpaired) electrons. The van der Waals surface area contributed by atoms with Gasteiger partial charge in [0.1, 0.15) is 0 Å². The third-order valence-corrected chi connectivity index (χ3v) is 3.91. The molecular formula is C12H20N2O. The Balaban J connectivity index is 2.07. The molecule has 1 aromatic heterocycles. The zero-order valence-corrected chi connectivity index (χ0v) is 9.50. The standard InChI is InChI=1S/C12H20N2O/c1-3-9(2)10-4-5-11(12(10)15)14-7-6-13-8-14/h6-12,15H,3-5H2,1-2H3. The Hall–Kier alpha value is -0.830. The van der Waals surface area contributed by atoms with E-state index in [9.17, 15) is 5.11 Å². The molecule has 0 spiro atoms. The summed E-state index contributed by atoms with van der Waals surface area (Å²) in [5, 5.41) is 10.3. The van der Waals surface area contributed by atoms with E-state index in [0.717, 1.165) is 19.3 Å². The van der Waals surface area contributed by atoms with Crippen molar-refractivity contribution in [2.45, 2.75) is 45.3 Å². The van der Waals surface area contributed by atoms with E-state index < -0.39 is 0 Å². The molecule has 1 fully saturated rings. The second kappa shape index (κ2) is 4.35. The third-order valence-electron chi connectivity index (χ3n) is 3.91. The van der Waals surface area contributed by atoms with E-state index in [1.165, 1.54) is 0 Å². The normalized spacial score (nSPS) is 33.1. The fraction of sp³-hybridized carbons (Fsp3) is 0.750. The van der Waals surface area contributed by atoms with Crippen LogP contribution in [0.5, 0.6) is 0 Å². The summed E-state index contributed by atoms with van der Waals surface area (Å²) in [6, 6.07) is 0.242. The summed E-state index contributed by atoms with van der Waals surface area (Å²) in [4.78, 5) is 4.04. The summed E-state index contributed by atoms with van der Waals surface area (Å²) in [6.07, 6.45) is 8.71. The van der Waals surface area contributed by atoms with Crippen LogP contribution in [0, 0.1) is 11.8 Å². The van der Waals surface area contributed by atoms with Gasteiger partial charge in [-0.3, -0.25) is 0 Å². The van der Waals surface area contributed by atoms with Crippen molar-refractivity contribution in [1.82, 2.24) is 9.55 Å². The lowest BCUT2D eigenvalue weighted by Crippen LogP contribution is -2.27. The second-order valence-electron chi connectivity index (χ2n) is 4.69. The molecule has 0 bridgehead atoms. The third kappa shape index (κ3) is 1.93. The van der Waals surface area contributed by atoms with Crippen LogP contribution in [0.1, 0.15) is 39.2 Å². The topological polar surface area (TPSA) is 38.0 Å². The van der Waals surface area contributed by atoms with Gasteiger partial charge in [-0.15, -0.1) is 0 Å². The van der Waals surface area contributed by atoms with Gasteiger partial charge in [0, 0.05) is 12.4 Å². The van der Waals surface area contributed by atoms with Gasteiger partial charge in [0.2, 0.25) is 0 Å². The Morgan fingerprint density at radius 2 is 2.33 bits per heavy atom. The number of hydrogen-bond acceptors (Lipinski definition) is 2. The number of aromatic nitrogens is 2. The molecule has 3 heteroatoms. The molecule has 1 N–H and O–H groups in total. The van der Waals surface area contributed by atoms with Gasteiger partial charge in [-0.2, -0.15) is 0 Å². The molecular weight excluding hydrogens is 188 g/mol. The zero-order valence-electron chi connectivity index (χ0n) is 9.50. The smallest absolute Gasteiger partial charge is 0.0949 e. The van der Waals surface area contributed by atoms with Crippen molar-refractivity contribution in [3.05, 3.63) is 18.7 Å². The number of aliphatic hydroxyl groups is 1. The summed E-state index contributed by atoms with van der Waals surface area (Å²) in [7, 11) is 0. The molecule has 1 saturated carbocycles. The molecule has 3 nitrogen and oxygen atoms in total. The van der Waals surface area contributed by atoms with Crippen LogP contribution in [0.15, 0.2) is 18.7 Å². The first kappa shape index (κ1) is 10.7. The lowest BCUT2D eigenvalue weighted by molar-refractivity contribution is 0.0702. The first-order valence-corrected chi connectivity index (χ1v) is 5.89. The van der Waals surface area contributed by atoms with Crippen LogP contribution in [-0.4, -0.2) is 20.8 Å². The second-order valence-corrected chi connectivity index (χ2v) is 4.69. The molecule has 4 atom stereocenters. The summed E-state index contributed by atoms with van der Waals surface area (Å²) in [5.41, 5.74) is 0. The highest BCUT2D eigenvalue weighted by molar-refractivity contribution is 4.93. The van der Waals surface area contributed by atoms with Crippen LogP contribution < -0.4 is 0 Å². The SMILES string of the molecule is CCC(C)C1CCC(n2ccnc2)C1O. The van der Waals surface area contributed by atoms with Gasteiger partial charge in [-0.05, 0) is 24.7 Å². The van der Waals surface area contributed by atoms with Crippen molar-refractivity contribution in [2.24, 2.45) is 11.8 Å². The fourth-order valence-electron chi connectivity index (χ4n) is 2.70. The van der Waals surface area contributed by atoms with Crippen molar-refractivity contribution in [2.75, 3.05) is 0 Å². The molecule has 1 aliphatic rings. The minimum Gasteiger partial charge on any atom is -0.391 e. The summed E-state index contributed by atoms with van der Waals surface area (Å²) >= 11 is 0. The quantitative estimate of drug-likeness (QED) is 0.827. The molecule has 1 aliphatic carbocycles. The van der Waals surface area contributed by atoms with Gasteiger partial charge in [0.25, 0.3) is 0 Å². The Bertz CT molecular complexity index is 297. The largest absolute Gasteiger partial charge is 0.391 e. The van der Waals surface area contributed by atoms with Crippen molar-refractivity contribution in [3.63, 3.8) is 0 Å². The van der Waals surface area contributed by atoms with Gasteiger partial charge < -0.3 is 9.67 Å². The van der Waals surface area contributed by atoms with E-state index in [-0.39, 0.29) is 12.1 Å². The molecule has 1 heterocycles. The minimum atomic E-state index is -0.200. The molecule has 15 heavy (non-hydrogen) atoms. The van der Waals surface area contributed by atoms with Crippen molar-refractivity contribution in [3.8, 4) is 0 Å². The molecule has 1 aromatic rings. The Morgan fingerprint density at radius 1 is 1.53 bits per heavy atom. The molecule has 0 saturated heterocycles. The van der Waals surface area contributed by atoms with E-state index >= 15 is 0 Å². The highest BCUT2D eigenvalue weighted by atomic mass is 16.3. The lowest BCUT2D eigenvalue weighted by atomic mass is 9.88. The van der Waals surface area contributed by atoms with Crippen LogP contribution in [-0.2, 0) is 0 Å². The van der Waals surface area contributed by atoms with Crippen LogP contribution in [0.2, 0.25) is 0 Å². The van der Waals surface area contributed by atoms with E-state index in [4.69, 9.17) is 0 Å². The number of rotatable bonds is 3. The maximum Gasteiger partial charge on any atom is 0.0949 e. The summed E-state index contributed by atoms with van der Waals surface area (Å²) in [6.45, 7) is 4.44. The highest BCUT2D eigenvalue weighted by Crippen LogP contribution is 2.39. The average Bonchev–Trinajstić information content (AvgIpc) is 2.85. The van der Waals surface area contributed by atoms with Crippen LogP contribution >= 0.6 is 0 Å². The lowest BCUT2D eigenvalue weighted by Gasteiger charge is -2.24.